The molecule has 0 aromatic carbocycles. The van der Waals surface area contributed by atoms with Gasteiger partial charge in [0, 0.05) is 0 Å². The Hall–Kier alpha value is -0.600. The van der Waals surface area contributed by atoms with E-state index in [1.54, 1.807) is 0 Å². The lowest BCUT2D eigenvalue weighted by Gasteiger charge is -1.88. The Morgan fingerprint density at radius 3 is 3.14 bits per heavy atom. The van der Waals surface area contributed by atoms with Crippen LogP contribution in [0.1, 0.15) is 21.1 Å². The first-order valence-electron chi connectivity index (χ1n) is 2.79. The SMILES string of the molecule is [2H]C(CCC)ON=O. The van der Waals surface area contributed by atoms with Gasteiger partial charge in [-0.05, 0) is 6.42 Å². The molecule has 42 valence electrons. The lowest BCUT2D eigenvalue weighted by atomic mass is 10.4. The minimum Gasteiger partial charge on any atom is -0.364 e. The molecule has 7 heavy (non-hydrogen) atoms. The number of nitrogens with zero attached hydrogens (tertiary/aromatic N) is 1. The summed E-state index contributed by atoms with van der Waals surface area (Å²) < 4.78 is 6.86. The molecule has 0 saturated heterocycles. The predicted molar refractivity (Wildman–Crippen MR) is 26.7 cm³/mol. The van der Waals surface area contributed by atoms with Gasteiger partial charge in [-0.1, -0.05) is 13.3 Å². The summed E-state index contributed by atoms with van der Waals surface area (Å²) in [6.45, 7) is 1.15. The largest absolute Gasteiger partial charge is 0.364 e. The van der Waals surface area contributed by atoms with Crippen LogP contribution in [-0.4, -0.2) is 6.58 Å². The zero-order valence-electron chi connectivity index (χ0n) is 5.26. The second-order valence-corrected chi connectivity index (χ2v) is 1.14. The Kier molecular flexibility index (Phi) is 3.51. The maximum absolute atomic E-state index is 9.30. The lowest BCUT2D eigenvalue weighted by Crippen LogP contribution is -1.83. The van der Waals surface area contributed by atoms with E-state index in [-0.39, 0.29) is 0 Å². The van der Waals surface area contributed by atoms with Gasteiger partial charge in [-0.25, -0.2) is 0 Å². The van der Waals surface area contributed by atoms with Crippen molar-refractivity contribution in [3.05, 3.63) is 4.91 Å². The summed E-state index contributed by atoms with van der Waals surface area (Å²) in [5.74, 6) is 0. The van der Waals surface area contributed by atoms with Crippen LogP contribution in [0.2, 0.25) is 0 Å². The Bertz CT molecular complexity index is 69.1. The van der Waals surface area contributed by atoms with Gasteiger partial charge in [0.05, 0.1) is 1.37 Å². The summed E-state index contributed by atoms with van der Waals surface area (Å²) in [5, 5.41) is 2.12. The predicted octanol–water partition coefficient (Wildman–Crippen LogP) is 1.48. The summed E-state index contributed by atoms with van der Waals surface area (Å²) in [7, 11) is 0. The van der Waals surface area contributed by atoms with E-state index in [4.69, 9.17) is 1.37 Å². The van der Waals surface area contributed by atoms with Gasteiger partial charge in [0.15, 0.2) is 5.34 Å². The molecule has 0 aliphatic rings. The summed E-state index contributed by atoms with van der Waals surface area (Å²) in [4.78, 5) is 13.3. The van der Waals surface area contributed by atoms with Crippen molar-refractivity contribution in [2.45, 2.75) is 19.8 Å². The number of hydrogen-bond acceptors (Lipinski definition) is 3. The zero-order chi connectivity index (χ0) is 6.41. The Morgan fingerprint density at radius 2 is 2.71 bits per heavy atom. The number of hydrogen-bond donors (Lipinski definition) is 0. The molecule has 3 heteroatoms. The molecule has 0 aliphatic carbocycles. The van der Waals surface area contributed by atoms with Crippen LogP contribution in [0, 0.1) is 4.91 Å². The maximum Gasteiger partial charge on any atom is 0.155 e. The molecule has 0 rings (SSSR count). The minimum absolute atomic E-state index is 0.561. The summed E-state index contributed by atoms with van der Waals surface area (Å²) >= 11 is 0. The van der Waals surface area contributed by atoms with Crippen LogP contribution in [0.15, 0.2) is 5.34 Å². The molecule has 1 atom stereocenters. The first kappa shape index (κ1) is 4.56. The standard InChI is InChI=1S/C4H9NO2/c1-2-3-4-7-5-6/h2-4H2,1H3/i4D. The molecule has 0 bridgehead atoms. The minimum atomic E-state index is -0.766. The van der Waals surface area contributed by atoms with E-state index in [9.17, 15) is 4.91 Å². The molecule has 3 nitrogen and oxygen atoms in total. The average molecular weight is 104 g/mol. The van der Waals surface area contributed by atoms with Gasteiger partial charge in [0.1, 0.15) is 6.58 Å². The van der Waals surface area contributed by atoms with E-state index < -0.39 is 6.58 Å². The average Bonchev–Trinajstić information content (AvgIpc) is 1.68. The van der Waals surface area contributed by atoms with E-state index in [1.165, 1.54) is 0 Å². The fourth-order valence-electron chi connectivity index (χ4n) is 0.201. The lowest BCUT2D eigenvalue weighted by molar-refractivity contribution is 0.136. The fourth-order valence-corrected chi connectivity index (χ4v) is 0.201. The molecule has 0 aliphatic heterocycles. The van der Waals surface area contributed by atoms with Crippen molar-refractivity contribution in [1.29, 1.82) is 0 Å². The first-order chi connectivity index (χ1) is 3.81. The summed E-state index contributed by atoms with van der Waals surface area (Å²) in [6, 6.07) is 0. The highest BCUT2D eigenvalue weighted by Gasteiger charge is 1.79. The molecule has 0 aromatic heterocycles. The van der Waals surface area contributed by atoms with E-state index in [1.807, 2.05) is 6.92 Å². The second kappa shape index (κ2) is 5.40. The highest BCUT2D eigenvalue weighted by atomic mass is 16.7. The fraction of sp³-hybridized carbons (Fsp3) is 1.00. The second-order valence-electron chi connectivity index (χ2n) is 1.14. The molecule has 0 radical (unpaired) electrons. The molecule has 0 spiro atoms. The molecular formula is C4H9NO2. The normalized spacial score (nSPS) is 14.7. The van der Waals surface area contributed by atoms with Crippen molar-refractivity contribution in [2.75, 3.05) is 6.58 Å². The van der Waals surface area contributed by atoms with Gasteiger partial charge in [-0.15, -0.1) is 4.91 Å². The van der Waals surface area contributed by atoms with Crippen LogP contribution in [0.5, 0.6) is 0 Å². The quantitative estimate of drug-likeness (QED) is 0.400. The van der Waals surface area contributed by atoms with E-state index in [0.29, 0.717) is 6.42 Å². The summed E-state index contributed by atoms with van der Waals surface area (Å²) in [5.41, 5.74) is 0. The van der Waals surface area contributed by atoms with E-state index in [2.05, 4.69) is 10.2 Å². The Labute approximate surface area is 44.0 Å². The summed E-state index contributed by atoms with van der Waals surface area (Å²) in [6.07, 6.45) is 1.40. The molecular weight excluding hydrogens is 94.0 g/mol. The van der Waals surface area contributed by atoms with Crippen molar-refractivity contribution in [3.63, 3.8) is 0 Å². The van der Waals surface area contributed by atoms with Crippen LogP contribution >= 0.6 is 0 Å². The van der Waals surface area contributed by atoms with Crippen molar-refractivity contribution < 1.29 is 6.21 Å². The molecule has 0 fully saturated rings. The van der Waals surface area contributed by atoms with Crippen molar-refractivity contribution in [3.8, 4) is 0 Å². The maximum atomic E-state index is 9.30. The first-order valence-corrected chi connectivity index (χ1v) is 2.22. The molecule has 0 N–H and O–H groups in total. The van der Waals surface area contributed by atoms with E-state index >= 15 is 0 Å². The zero-order valence-corrected chi connectivity index (χ0v) is 4.26. The van der Waals surface area contributed by atoms with Gasteiger partial charge < -0.3 is 4.84 Å². The Morgan fingerprint density at radius 1 is 2.00 bits per heavy atom. The van der Waals surface area contributed by atoms with Crippen LogP contribution in [-0.2, 0) is 4.84 Å². The molecule has 0 saturated carbocycles. The van der Waals surface area contributed by atoms with Crippen LogP contribution in [0.25, 0.3) is 0 Å². The third-order valence-electron chi connectivity index (χ3n) is 0.524. The van der Waals surface area contributed by atoms with Gasteiger partial charge in [-0.3, -0.25) is 0 Å². The van der Waals surface area contributed by atoms with Crippen LogP contribution in [0.4, 0.5) is 0 Å². The van der Waals surface area contributed by atoms with Crippen LogP contribution < -0.4 is 0 Å². The van der Waals surface area contributed by atoms with Crippen molar-refractivity contribution in [2.24, 2.45) is 5.34 Å². The topological polar surface area (TPSA) is 38.7 Å². The monoisotopic (exact) mass is 104 g/mol. The molecule has 0 heterocycles. The van der Waals surface area contributed by atoms with Gasteiger partial charge in [0.25, 0.3) is 0 Å². The third-order valence-corrected chi connectivity index (χ3v) is 0.524. The van der Waals surface area contributed by atoms with Gasteiger partial charge in [-0.2, -0.15) is 0 Å². The van der Waals surface area contributed by atoms with Crippen molar-refractivity contribution in [1.82, 2.24) is 0 Å². The van der Waals surface area contributed by atoms with Crippen LogP contribution in [0.3, 0.4) is 0 Å². The van der Waals surface area contributed by atoms with E-state index in [0.717, 1.165) is 6.42 Å². The smallest absolute Gasteiger partial charge is 0.155 e. The highest BCUT2D eigenvalue weighted by Crippen LogP contribution is 1.86. The third kappa shape index (κ3) is 5.40. The molecule has 0 amide bonds. The van der Waals surface area contributed by atoms with Gasteiger partial charge in [0.2, 0.25) is 0 Å². The highest BCUT2D eigenvalue weighted by molar-refractivity contribution is 4.26. The molecule has 1 unspecified atom stereocenters. The van der Waals surface area contributed by atoms with Gasteiger partial charge >= 0.3 is 0 Å². The number of rotatable bonds is 4. The molecule has 0 aromatic rings. The van der Waals surface area contributed by atoms with Crippen molar-refractivity contribution >= 4 is 0 Å². The Balaban J connectivity index is 3.03.